The number of hydrogen-bond donors (Lipinski definition) is 1. The highest BCUT2D eigenvalue weighted by atomic mass is 16.1. The van der Waals surface area contributed by atoms with E-state index in [0.29, 0.717) is 5.56 Å². The summed E-state index contributed by atoms with van der Waals surface area (Å²) in [6.45, 7) is 0. The van der Waals surface area contributed by atoms with Crippen LogP contribution in [0.3, 0.4) is 0 Å². The third-order valence-electron chi connectivity index (χ3n) is 1.62. The second-order valence-corrected chi connectivity index (χ2v) is 2.53. The van der Waals surface area contributed by atoms with Gasteiger partial charge in [0, 0.05) is 12.4 Å². The van der Waals surface area contributed by atoms with Gasteiger partial charge in [-0.2, -0.15) is 10.4 Å². The van der Waals surface area contributed by atoms with Gasteiger partial charge in [-0.15, -0.1) is 0 Å². The molecule has 2 aromatic rings. The molecule has 6 heteroatoms. The molecule has 0 bridgehead atoms. The quantitative estimate of drug-likeness (QED) is 0.671. The van der Waals surface area contributed by atoms with Crippen LogP contribution in [0.25, 0.3) is 5.82 Å². The monoisotopic (exact) mass is 187 g/mol. The molecule has 1 N–H and O–H groups in total. The van der Waals surface area contributed by atoms with Gasteiger partial charge in [-0.05, 0) is 0 Å². The minimum atomic E-state index is -0.347. The fourth-order valence-electron chi connectivity index (χ4n) is 1.00. The molecule has 0 saturated heterocycles. The van der Waals surface area contributed by atoms with Crippen LogP contribution in [-0.4, -0.2) is 19.7 Å². The summed E-state index contributed by atoms with van der Waals surface area (Å²) in [7, 11) is 0. The van der Waals surface area contributed by atoms with Crippen molar-refractivity contribution in [3.05, 3.63) is 40.7 Å². The summed E-state index contributed by atoms with van der Waals surface area (Å²) in [6.07, 6.45) is 5.69. The Bertz CT molecular complexity index is 547. The third-order valence-corrected chi connectivity index (χ3v) is 1.62. The van der Waals surface area contributed by atoms with E-state index in [9.17, 15) is 4.79 Å². The number of aromatic nitrogens is 4. The van der Waals surface area contributed by atoms with Gasteiger partial charge in [-0.25, -0.2) is 9.67 Å². The Kier molecular flexibility index (Phi) is 1.84. The first-order valence-electron chi connectivity index (χ1n) is 3.80. The van der Waals surface area contributed by atoms with Crippen LogP contribution >= 0.6 is 0 Å². The van der Waals surface area contributed by atoms with Crippen LogP contribution in [0.5, 0.6) is 0 Å². The summed E-state index contributed by atoms with van der Waals surface area (Å²) in [5.41, 5.74) is 0.0372. The van der Waals surface area contributed by atoms with E-state index in [2.05, 4.69) is 15.1 Å². The molecular formula is C8H5N5O. The lowest BCUT2D eigenvalue weighted by Gasteiger charge is -1.95. The highest BCUT2D eigenvalue weighted by Gasteiger charge is 2.04. The van der Waals surface area contributed by atoms with Crippen LogP contribution < -0.4 is 5.56 Å². The largest absolute Gasteiger partial charge is 0.324 e. The second-order valence-electron chi connectivity index (χ2n) is 2.53. The van der Waals surface area contributed by atoms with Gasteiger partial charge in [0.05, 0.1) is 18.0 Å². The lowest BCUT2D eigenvalue weighted by Crippen LogP contribution is -2.15. The minimum absolute atomic E-state index is 0.147. The normalized spacial score (nSPS) is 9.64. The first-order chi connectivity index (χ1) is 6.81. The molecule has 2 aromatic heterocycles. The maximum absolute atomic E-state index is 11.3. The van der Waals surface area contributed by atoms with E-state index in [1.54, 1.807) is 0 Å². The molecule has 6 nitrogen and oxygen atoms in total. The average molecular weight is 187 g/mol. The molecule has 14 heavy (non-hydrogen) atoms. The summed E-state index contributed by atoms with van der Waals surface area (Å²) >= 11 is 0. The van der Waals surface area contributed by atoms with Crippen molar-refractivity contribution < 1.29 is 0 Å². The molecule has 2 heterocycles. The van der Waals surface area contributed by atoms with E-state index in [1.165, 1.54) is 29.5 Å². The van der Waals surface area contributed by atoms with Gasteiger partial charge in [0.25, 0.3) is 5.56 Å². The van der Waals surface area contributed by atoms with E-state index in [4.69, 9.17) is 5.26 Å². The minimum Gasteiger partial charge on any atom is -0.324 e. The van der Waals surface area contributed by atoms with Crippen molar-refractivity contribution in [2.45, 2.75) is 0 Å². The van der Waals surface area contributed by atoms with Crippen molar-refractivity contribution in [3.8, 4) is 11.9 Å². The van der Waals surface area contributed by atoms with Crippen LogP contribution in [-0.2, 0) is 0 Å². The fraction of sp³-hybridized carbons (Fsp3) is 0. The zero-order chi connectivity index (χ0) is 9.97. The van der Waals surface area contributed by atoms with Crippen molar-refractivity contribution in [2.24, 2.45) is 0 Å². The van der Waals surface area contributed by atoms with E-state index in [-0.39, 0.29) is 11.4 Å². The standard InChI is InChI=1S/C8H5N5O/c9-3-6-4-12-13(5-6)7-8(14)11-2-1-10-7/h1-2,4-5H,(H,11,14). The van der Waals surface area contributed by atoms with Gasteiger partial charge < -0.3 is 4.98 Å². The Morgan fingerprint density at radius 2 is 2.43 bits per heavy atom. The van der Waals surface area contributed by atoms with E-state index in [1.807, 2.05) is 6.07 Å². The highest BCUT2D eigenvalue weighted by molar-refractivity contribution is 5.26. The smallest absolute Gasteiger partial charge is 0.293 e. The second kappa shape index (κ2) is 3.14. The Morgan fingerprint density at radius 1 is 1.57 bits per heavy atom. The molecule has 68 valence electrons. The number of nitriles is 1. The van der Waals surface area contributed by atoms with Crippen LogP contribution in [0.4, 0.5) is 0 Å². The van der Waals surface area contributed by atoms with Gasteiger partial charge in [0.2, 0.25) is 5.82 Å². The molecule has 0 aliphatic carbocycles. The van der Waals surface area contributed by atoms with E-state index >= 15 is 0 Å². The van der Waals surface area contributed by atoms with Crippen molar-refractivity contribution in [3.63, 3.8) is 0 Å². The van der Waals surface area contributed by atoms with Gasteiger partial charge in [0.1, 0.15) is 6.07 Å². The molecule has 0 unspecified atom stereocenters. The molecule has 0 amide bonds. The van der Waals surface area contributed by atoms with Crippen molar-refractivity contribution in [1.82, 2.24) is 19.7 Å². The van der Waals surface area contributed by atoms with E-state index in [0.717, 1.165) is 0 Å². The highest BCUT2D eigenvalue weighted by Crippen LogP contribution is 1.98. The van der Waals surface area contributed by atoms with Crippen molar-refractivity contribution >= 4 is 0 Å². The molecule has 0 saturated carbocycles. The molecule has 0 radical (unpaired) electrons. The molecule has 0 aliphatic heterocycles. The van der Waals surface area contributed by atoms with Crippen molar-refractivity contribution in [2.75, 3.05) is 0 Å². The summed E-state index contributed by atoms with van der Waals surface area (Å²) in [6, 6.07) is 1.91. The van der Waals surface area contributed by atoms with Gasteiger partial charge in [-0.1, -0.05) is 0 Å². The summed E-state index contributed by atoms with van der Waals surface area (Å²) in [4.78, 5) is 17.6. The summed E-state index contributed by atoms with van der Waals surface area (Å²) < 4.78 is 1.26. The van der Waals surface area contributed by atoms with Crippen LogP contribution in [0.1, 0.15) is 5.56 Å². The fourth-order valence-corrected chi connectivity index (χ4v) is 1.00. The molecule has 0 spiro atoms. The molecule has 0 fully saturated rings. The first-order valence-corrected chi connectivity index (χ1v) is 3.80. The number of nitrogens with one attached hydrogen (secondary N) is 1. The zero-order valence-electron chi connectivity index (χ0n) is 7.01. The molecule has 0 aliphatic rings. The first kappa shape index (κ1) is 8.19. The van der Waals surface area contributed by atoms with Gasteiger partial charge >= 0.3 is 0 Å². The van der Waals surface area contributed by atoms with Gasteiger partial charge in [0.15, 0.2) is 0 Å². The Balaban J connectivity index is 2.56. The topological polar surface area (TPSA) is 87.4 Å². The number of aromatic amines is 1. The summed E-state index contributed by atoms with van der Waals surface area (Å²) in [5.74, 6) is 0.147. The molecule has 0 atom stereocenters. The SMILES string of the molecule is N#Cc1cnn(-c2ncc[nH]c2=O)c1. The Labute approximate surface area is 78.5 Å². The predicted octanol–water partition coefficient (Wildman–Crippen LogP) is -0.173. The molecule has 2 rings (SSSR count). The van der Waals surface area contributed by atoms with Crippen LogP contribution in [0.2, 0.25) is 0 Å². The zero-order valence-corrected chi connectivity index (χ0v) is 7.01. The number of H-pyrrole nitrogens is 1. The Hall–Kier alpha value is -2.42. The van der Waals surface area contributed by atoms with Gasteiger partial charge in [-0.3, -0.25) is 4.79 Å². The lowest BCUT2D eigenvalue weighted by atomic mass is 10.4. The lowest BCUT2D eigenvalue weighted by molar-refractivity contribution is 0.824. The summed E-state index contributed by atoms with van der Waals surface area (Å²) in [5, 5.41) is 12.4. The third kappa shape index (κ3) is 1.27. The Morgan fingerprint density at radius 3 is 3.07 bits per heavy atom. The number of rotatable bonds is 1. The maximum Gasteiger partial charge on any atom is 0.293 e. The van der Waals surface area contributed by atoms with E-state index < -0.39 is 0 Å². The average Bonchev–Trinajstić information content (AvgIpc) is 2.67. The number of nitrogens with zero attached hydrogens (tertiary/aromatic N) is 4. The predicted molar refractivity (Wildman–Crippen MR) is 46.7 cm³/mol. The molecular weight excluding hydrogens is 182 g/mol. The molecule has 0 aromatic carbocycles. The van der Waals surface area contributed by atoms with Crippen LogP contribution in [0.15, 0.2) is 29.6 Å². The number of hydrogen-bond acceptors (Lipinski definition) is 4. The van der Waals surface area contributed by atoms with Crippen molar-refractivity contribution in [1.29, 1.82) is 5.26 Å². The maximum atomic E-state index is 11.3. The van der Waals surface area contributed by atoms with Crippen LogP contribution in [0, 0.1) is 11.3 Å².